The molecular weight excluding hydrogens is 231 g/mol. The van der Waals surface area contributed by atoms with Gasteiger partial charge in [-0.1, -0.05) is 12.1 Å². The van der Waals surface area contributed by atoms with Crippen LogP contribution >= 0.6 is 0 Å². The highest BCUT2D eigenvalue weighted by Gasteiger charge is 2.13. The first-order valence-corrected chi connectivity index (χ1v) is 5.85. The lowest BCUT2D eigenvalue weighted by Gasteiger charge is -2.21. The Bertz CT molecular complexity index is 536. The molecule has 0 aliphatic heterocycles. The normalized spacial score (nSPS) is 10.7. The van der Waals surface area contributed by atoms with Crippen molar-refractivity contribution in [2.24, 2.45) is 5.73 Å². The summed E-state index contributed by atoms with van der Waals surface area (Å²) in [6.45, 7) is 2.72. The van der Waals surface area contributed by atoms with Crippen LogP contribution in [-0.2, 0) is 13.1 Å². The minimum atomic E-state index is -0.260. The Morgan fingerprint density at radius 2 is 2.06 bits per heavy atom. The molecule has 0 saturated heterocycles. The summed E-state index contributed by atoms with van der Waals surface area (Å²) >= 11 is 0. The van der Waals surface area contributed by atoms with Crippen molar-refractivity contribution in [2.45, 2.75) is 20.0 Å². The molecule has 0 spiro atoms. The number of furan rings is 1. The molecule has 18 heavy (non-hydrogen) atoms. The van der Waals surface area contributed by atoms with Crippen molar-refractivity contribution in [2.75, 3.05) is 11.9 Å². The van der Waals surface area contributed by atoms with Crippen LogP contribution in [0.1, 0.15) is 17.1 Å². The molecular formula is C14H17FN2O. The van der Waals surface area contributed by atoms with Crippen molar-refractivity contribution in [3.8, 4) is 0 Å². The van der Waals surface area contributed by atoms with Gasteiger partial charge in [-0.3, -0.25) is 0 Å². The second-order valence-electron chi connectivity index (χ2n) is 4.32. The van der Waals surface area contributed by atoms with E-state index < -0.39 is 0 Å². The molecule has 2 N–H and O–H groups in total. The molecule has 0 unspecified atom stereocenters. The van der Waals surface area contributed by atoms with E-state index in [9.17, 15) is 4.39 Å². The van der Waals surface area contributed by atoms with Crippen LogP contribution in [0.5, 0.6) is 0 Å². The molecule has 2 aromatic rings. The lowest BCUT2D eigenvalue weighted by Crippen LogP contribution is -2.20. The van der Waals surface area contributed by atoms with E-state index in [-0.39, 0.29) is 5.82 Å². The van der Waals surface area contributed by atoms with Crippen molar-refractivity contribution >= 4 is 5.69 Å². The number of nitrogens with zero attached hydrogens (tertiary/aromatic N) is 1. The van der Waals surface area contributed by atoms with Gasteiger partial charge in [0.25, 0.3) is 0 Å². The molecule has 3 nitrogen and oxygen atoms in total. The number of para-hydroxylation sites is 1. The van der Waals surface area contributed by atoms with E-state index in [1.807, 2.05) is 37.1 Å². The summed E-state index contributed by atoms with van der Waals surface area (Å²) in [4.78, 5) is 1.82. The Labute approximate surface area is 106 Å². The van der Waals surface area contributed by atoms with Gasteiger partial charge in [-0.25, -0.2) is 4.39 Å². The highest BCUT2D eigenvalue weighted by atomic mass is 19.1. The van der Waals surface area contributed by atoms with Crippen LogP contribution in [0.15, 0.2) is 34.7 Å². The maximum atomic E-state index is 13.9. The number of nitrogens with two attached hydrogens (primary N) is 1. The van der Waals surface area contributed by atoms with E-state index >= 15 is 0 Å². The number of anilines is 1. The van der Waals surface area contributed by atoms with Gasteiger partial charge in [-0.15, -0.1) is 0 Å². The van der Waals surface area contributed by atoms with Crippen molar-refractivity contribution in [3.05, 3.63) is 53.2 Å². The number of halogens is 1. The molecule has 0 fully saturated rings. The molecule has 0 amide bonds. The smallest absolute Gasteiger partial charge is 0.146 e. The molecule has 2 rings (SSSR count). The molecule has 0 saturated carbocycles. The predicted molar refractivity (Wildman–Crippen MR) is 69.8 cm³/mol. The molecule has 1 aromatic carbocycles. The van der Waals surface area contributed by atoms with Gasteiger partial charge in [0.2, 0.25) is 0 Å². The largest absolute Gasteiger partial charge is 0.464 e. The fraction of sp³-hybridized carbons (Fsp3) is 0.286. The maximum Gasteiger partial charge on any atom is 0.146 e. The third kappa shape index (κ3) is 2.54. The second-order valence-corrected chi connectivity index (χ2v) is 4.32. The summed E-state index contributed by atoms with van der Waals surface area (Å²) in [5, 5.41) is 0. The minimum absolute atomic E-state index is 0.260. The maximum absolute atomic E-state index is 13.9. The fourth-order valence-electron chi connectivity index (χ4n) is 2.04. The Balaban J connectivity index is 2.25. The Hall–Kier alpha value is -1.81. The predicted octanol–water partition coefficient (Wildman–Crippen LogP) is 2.82. The molecule has 0 aliphatic rings. The highest BCUT2D eigenvalue weighted by Crippen LogP contribution is 2.25. The van der Waals surface area contributed by atoms with Gasteiger partial charge in [0.05, 0.1) is 12.2 Å². The van der Waals surface area contributed by atoms with E-state index in [2.05, 4.69) is 0 Å². The third-order valence-corrected chi connectivity index (χ3v) is 2.86. The van der Waals surface area contributed by atoms with Gasteiger partial charge in [-0.2, -0.15) is 0 Å². The topological polar surface area (TPSA) is 42.4 Å². The Morgan fingerprint density at radius 3 is 2.67 bits per heavy atom. The number of rotatable bonds is 4. The SMILES string of the molecule is Cc1ccc(CN(C)c2c(F)cccc2CN)o1. The summed E-state index contributed by atoms with van der Waals surface area (Å²) in [7, 11) is 1.83. The Morgan fingerprint density at radius 1 is 1.28 bits per heavy atom. The second kappa shape index (κ2) is 5.23. The number of aryl methyl sites for hydroxylation is 1. The molecule has 1 aromatic heterocycles. The Kier molecular flexibility index (Phi) is 3.67. The van der Waals surface area contributed by atoms with E-state index in [0.717, 1.165) is 17.1 Å². The van der Waals surface area contributed by atoms with Crippen LogP contribution in [-0.4, -0.2) is 7.05 Å². The number of hydrogen-bond acceptors (Lipinski definition) is 3. The first-order valence-electron chi connectivity index (χ1n) is 5.85. The summed E-state index contributed by atoms with van der Waals surface area (Å²) in [6, 6.07) is 8.75. The van der Waals surface area contributed by atoms with E-state index in [0.29, 0.717) is 18.8 Å². The van der Waals surface area contributed by atoms with Gasteiger partial charge in [0, 0.05) is 13.6 Å². The third-order valence-electron chi connectivity index (χ3n) is 2.86. The van der Waals surface area contributed by atoms with Crippen molar-refractivity contribution in [1.82, 2.24) is 0 Å². The van der Waals surface area contributed by atoms with Crippen LogP contribution in [0.25, 0.3) is 0 Å². The lowest BCUT2D eigenvalue weighted by atomic mass is 10.1. The molecule has 4 heteroatoms. The first kappa shape index (κ1) is 12.6. The van der Waals surface area contributed by atoms with Gasteiger partial charge < -0.3 is 15.1 Å². The zero-order valence-corrected chi connectivity index (χ0v) is 10.6. The van der Waals surface area contributed by atoms with E-state index in [1.165, 1.54) is 6.07 Å². The van der Waals surface area contributed by atoms with E-state index in [4.69, 9.17) is 10.2 Å². The monoisotopic (exact) mass is 248 g/mol. The molecule has 0 radical (unpaired) electrons. The average Bonchev–Trinajstić information content (AvgIpc) is 2.74. The molecule has 0 bridgehead atoms. The summed E-state index contributed by atoms with van der Waals surface area (Å²) in [5.41, 5.74) is 6.97. The quantitative estimate of drug-likeness (QED) is 0.904. The van der Waals surface area contributed by atoms with Crippen LogP contribution in [0.4, 0.5) is 10.1 Å². The lowest BCUT2D eigenvalue weighted by molar-refractivity contribution is 0.480. The first-order chi connectivity index (χ1) is 8.61. The van der Waals surface area contributed by atoms with Crippen LogP contribution in [0.2, 0.25) is 0 Å². The minimum Gasteiger partial charge on any atom is -0.464 e. The van der Waals surface area contributed by atoms with Crippen molar-refractivity contribution < 1.29 is 8.81 Å². The summed E-state index contributed by atoms with van der Waals surface area (Å²) in [6.07, 6.45) is 0. The van der Waals surface area contributed by atoms with Gasteiger partial charge in [-0.05, 0) is 30.7 Å². The molecule has 0 aliphatic carbocycles. The van der Waals surface area contributed by atoms with Crippen LogP contribution < -0.4 is 10.6 Å². The zero-order chi connectivity index (χ0) is 13.1. The van der Waals surface area contributed by atoms with Gasteiger partial charge in [0.1, 0.15) is 17.3 Å². The van der Waals surface area contributed by atoms with Crippen LogP contribution in [0, 0.1) is 12.7 Å². The highest BCUT2D eigenvalue weighted by molar-refractivity contribution is 5.54. The zero-order valence-electron chi connectivity index (χ0n) is 10.6. The van der Waals surface area contributed by atoms with Crippen molar-refractivity contribution in [1.29, 1.82) is 0 Å². The molecule has 1 heterocycles. The standard InChI is InChI=1S/C14H17FN2O/c1-10-6-7-12(18-10)9-17(2)14-11(8-16)4-3-5-13(14)15/h3-7H,8-9,16H2,1-2H3. The number of hydrogen-bond donors (Lipinski definition) is 1. The summed E-state index contributed by atoms with van der Waals surface area (Å²) < 4.78 is 19.4. The molecule has 96 valence electrons. The fourth-order valence-corrected chi connectivity index (χ4v) is 2.04. The van der Waals surface area contributed by atoms with E-state index in [1.54, 1.807) is 6.07 Å². The molecule has 0 atom stereocenters. The van der Waals surface area contributed by atoms with Gasteiger partial charge >= 0.3 is 0 Å². The van der Waals surface area contributed by atoms with Crippen LogP contribution in [0.3, 0.4) is 0 Å². The number of benzene rings is 1. The van der Waals surface area contributed by atoms with Gasteiger partial charge in [0.15, 0.2) is 0 Å². The van der Waals surface area contributed by atoms with Crippen molar-refractivity contribution in [3.63, 3.8) is 0 Å². The summed E-state index contributed by atoms with van der Waals surface area (Å²) in [5.74, 6) is 1.40. The average molecular weight is 248 g/mol.